The fourth-order valence-corrected chi connectivity index (χ4v) is 2.20. The molecule has 15 heavy (non-hydrogen) atoms. The summed E-state index contributed by atoms with van der Waals surface area (Å²) >= 11 is 0. The van der Waals surface area contributed by atoms with Gasteiger partial charge in [0.2, 0.25) is 0 Å². The Morgan fingerprint density at radius 1 is 1.27 bits per heavy atom. The fraction of sp³-hybridized carbons (Fsp3) is 0.417. The van der Waals surface area contributed by atoms with Gasteiger partial charge in [0.25, 0.3) is 0 Å². The number of hydrogen-bond acceptors (Lipinski definition) is 2. The van der Waals surface area contributed by atoms with Gasteiger partial charge in [-0.15, -0.1) is 0 Å². The summed E-state index contributed by atoms with van der Waals surface area (Å²) in [6.45, 7) is 5.67. The molecule has 0 aliphatic carbocycles. The lowest BCUT2D eigenvalue weighted by atomic mass is 10.1. The van der Waals surface area contributed by atoms with E-state index in [1.807, 2.05) is 20.8 Å². The smallest absolute Gasteiger partial charge is 0.162 e. The molecule has 0 N–H and O–H groups in total. The third-order valence-electron chi connectivity index (χ3n) is 2.16. The van der Waals surface area contributed by atoms with Crippen LogP contribution in [0, 0.1) is 0 Å². The first-order valence-corrected chi connectivity index (χ1v) is 6.31. The van der Waals surface area contributed by atoms with Crippen molar-refractivity contribution in [3.8, 4) is 0 Å². The molecule has 0 amide bonds. The topological polar surface area (TPSA) is 34.1 Å². The van der Waals surface area contributed by atoms with Gasteiger partial charge in [0.05, 0.1) is 10.8 Å². The second-order valence-electron chi connectivity index (χ2n) is 3.65. The first kappa shape index (κ1) is 12.1. The predicted molar refractivity (Wildman–Crippen MR) is 62.6 cm³/mol. The van der Waals surface area contributed by atoms with Crippen LogP contribution in [0.3, 0.4) is 0 Å². The van der Waals surface area contributed by atoms with Crippen molar-refractivity contribution in [3.05, 3.63) is 29.8 Å². The average Bonchev–Trinajstić information content (AvgIpc) is 2.27. The molecule has 0 aromatic heterocycles. The highest BCUT2D eigenvalue weighted by atomic mass is 32.2. The largest absolute Gasteiger partial charge is 0.294 e. The number of rotatable bonds is 4. The lowest BCUT2D eigenvalue weighted by molar-refractivity contribution is 0.0988. The van der Waals surface area contributed by atoms with Gasteiger partial charge >= 0.3 is 0 Å². The molecule has 0 aliphatic rings. The zero-order chi connectivity index (χ0) is 11.4. The van der Waals surface area contributed by atoms with Gasteiger partial charge in [-0.3, -0.25) is 9.00 Å². The summed E-state index contributed by atoms with van der Waals surface area (Å²) in [6.07, 6.45) is 0.507. The van der Waals surface area contributed by atoms with Crippen LogP contribution >= 0.6 is 0 Å². The minimum absolute atomic E-state index is 0.109. The van der Waals surface area contributed by atoms with Crippen molar-refractivity contribution in [1.82, 2.24) is 0 Å². The fourth-order valence-electron chi connectivity index (χ4n) is 1.25. The number of ketones is 1. The van der Waals surface area contributed by atoms with Crippen LogP contribution in [-0.2, 0) is 10.8 Å². The van der Waals surface area contributed by atoms with Gasteiger partial charge in [0.1, 0.15) is 0 Å². The molecule has 1 aromatic carbocycles. The molecule has 0 fully saturated rings. The molecule has 0 spiro atoms. The molecule has 0 radical (unpaired) electrons. The molecular formula is C12H16O2S. The van der Waals surface area contributed by atoms with Crippen LogP contribution in [0.4, 0.5) is 0 Å². The van der Waals surface area contributed by atoms with Crippen molar-refractivity contribution in [2.75, 3.05) is 0 Å². The van der Waals surface area contributed by atoms with Gasteiger partial charge < -0.3 is 0 Å². The van der Waals surface area contributed by atoms with Gasteiger partial charge in [-0.2, -0.15) is 0 Å². The molecule has 2 nitrogen and oxygen atoms in total. The Kier molecular flexibility index (Phi) is 4.21. The predicted octanol–water partition coefficient (Wildman–Crippen LogP) is 2.80. The summed E-state index contributed by atoms with van der Waals surface area (Å²) in [6, 6.07) is 7.06. The quantitative estimate of drug-likeness (QED) is 0.737. The maximum atomic E-state index is 11.7. The molecule has 0 aliphatic heterocycles. The van der Waals surface area contributed by atoms with Gasteiger partial charge in [0.15, 0.2) is 5.78 Å². The Labute approximate surface area is 93.2 Å². The van der Waals surface area contributed by atoms with E-state index in [0.29, 0.717) is 12.0 Å². The van der Waals surface area contributed by atoms with Gasteiger partial charge in [0, 0.05) is 22.1 Å². The molecular weight excluding hydrogens is 208 g/mol. The molecule has 82 valence electrons. The van der Waals surface area contributed by atoms with Crippen molar-refractivity contribution in [1.29, 1.82) is 0 Å². The molecule has 1 atom stereocenters. The number of Topliss-reactive ketones (excluding diaryl/α,β-unsaturated/α-hetero) is 1. The molecule has 0 saturated heterocycles. The van der Waals surface area contributed by atoms with Gasteiger partial charge in [-0.1, -0.05) is 32.9 Å². The van der Waals surface area contributed by atoms with E-state index < -0.39 is 10.8 Å². The molecule has 0 saturated carbocycles. The van der Waals surface area contributed by atoms with Crippen LogP contribution in [0.15, 0.2) is 29.2 Å². The zero-order valence-electron chi connectivity index (χ0n) is 9.32. The van der Waals surface area contributed by atoms with E-state index in [4.69, 9.17) is 0 Å². The maximum Gasteiger partial charge on any atom is 0.162 e. The first-order chi connectivity index (χ1) is 7.06. The number of hydrogen-bond donors (Lipinski definition) is 0. The van der Waals surface area contributed by atoms with Crippen molar-refractivity contribution in [3.63, 3.8) is 0 Å². The van der Waals surface area contributed by atoms with Crippen LogP contribution in [0.1, 0.15) is 37.6 Å². The Bertz CT molecular complexity index is 366. The maximum absolute atomic E-state index is 11.7. The average molecular weight is 224 g/mol. The summed E-state index contributed by atoms with van der Waals surface area (Å²) in [4.78, 5) is 12.1. The summed E-state index contributed by atoms with van der Waals surface area (Å²) in [5.41, 5.74) is 0.696. The van der Waals surface area contributed by atoms with Crippen molar-refractivity contribution in [2.45, 2.75) is 37.3 Å². The number of carbonyl (C=O) groups is 1. The van der Waals surface area contributed by atoms with Gasteiger partial charge in [-0.05, 0) is 12.1 Å². The summed E-state index contributed by atoms with van der Waals surface area (Å²) in [5.74, 6) is 0.122. The highest BCUT2D eigenvalue weighted by molar-refractivity contribution is 7.85. The molecule has 3 heteroatoms. The lowest BCUT2D eigenvalue weighted by Crippen LogP contribution is -2.06. The molecule has 0 heterocycles. The van der Waals surface area contributed by atoms with Crippen molar-refractivity contribution in [2.24, 2.45) is 0 Å². The molecule has 1 unspecified atom stereocenters. The second kappa shape index (κ2) is 5.21. The van der Waals surface area contributed by atoms with E-state index in [0.717, 1.165) is 4.90 Å². The van der Waals surface area contributed by atoms with E-state index in [-0.39, 0.29) is 11.0 Å². The Balaban J connectivity index is 2.90. The van der Waals surface area contributed by atoms with Crippen molar-refractivity contribution >= 4 is 16.6 Å². The third kappa shape index (κ3) is 2.99. The minimum Gasteiger partial charge on any atom is -0.294 e. The lowest BCUT2D eigenvalue weighted by Gasteiger charge is -2.05. The SMILES string of the molecule is CCC(=O)c1ccc(S(=O)C(C)C)cc1. The van der Waals surface area contributed by atoms with Crippen LogP contribution in [0.2, 0.25) is 0 Å². The second-order valence-corrected chi connectivity index (χ2v) is 5.66. The Morgan fingerprint density at radius 2 is 1.80 bits per heavy atom. The first-order valence-electron chi connectivity index (χ1n) is 5.10. The van der Waals surface area contributed by atoms with E-state index in [9.17, 15) is 9.00 Å². The Morgan fingerprint density at radius 3 is 2.20 bits per heavy atom. The van der Waals surface area contributed by atoms with Crippen molar-refractivity contribution < 1.29 is 9.00 Å². The monoisotopic (exact) mass is 224 g/mol. The highest BCUT2D eigenvalue weighted by Crippen LogP contribution is 2.13. The minimum atomic E-state index is -0.970. The molecule has 1 rings (SSSR count). The third-order valence-corrected chi connectivity index (χ3v) is 3.75. The van der Waals surface area contributed by atoms with Crippen LogP contribution in [-0.4, -0.2) is 15.2 Å². The normalized spacial score (nSPS) is 12.8. The summed E-state index contributed by atoms with van der Waals surface area (Å²) < 4.78 is 11.7. The molecule has 0 bridgehead atoms. The van der Waals surface area contributed by atoms with E-state index in [1.165, 1.54) is 0 Å². The standard InChI is InChI=1S/C12H16O2S/c1-4-12(13)10-5-7-11(8-6-10)15(14)9(2)3/h5-9H,4H2,1-3H3. The number of benzene rings is 1. The zero-order valence-corrected chi connectivity index (χ0v) is 10.1. The highest BCUT2D eigenvalue weighted by Gasteiger charge is 2.09. The molecule has 1 aromatic rings. The number of carbonyl (C=O) groups excluding carboxylic acids is 1. The van der Waals surface area contributed by atoms with E-state index in [1.54, 1.807) is 24.3 Å². The summed E-state index contributed by atoms with van der Waals surface area (Å²) in [7, 11) is -0.970. The summed E-state index contributed by atoms with van der Waals surface area (Å²) in [5, 5.41) is 0.109. The van der Waals surface area contributed by atoms with Gasteiger partial charge in [-0.25, -0.2) is 0 Å². The Hall–Kier alpha value is -0.960. The van der Waals surface area contributed by atoms with Crippen LogP contribution in [0.25, 0.3) is 0 Å². The van der Waals surface area contributed by atoms with E-state index in [2.05, 4.69) is 0 Å². The van der Waals surface area contributed by atoms with Crippen LogP contribution < -0.4 is 0 Å². The van der Waals surface area contributed by atoms with E-state index >= 15 is 0 Å². The van der Waals surface area contributed by atoms with Crippen LogP contribution in [0.5, 0.6) is 0 Å².